The number of fused-ring (bicyclic) bond motifs is 1. The lowest BCUT2D eigenvalue weighted by molar-refractivity contribution is 0.0655. The van der Waals surface area contributed by atoms with Gasteiger partial charge in [0.15, 0.2) is 5.89 Å². The number of carboxylic acids is 1. The van der Waals surface area contributed by atoms with Crippen LogP contribution in [-0.4, -0.2) is 16.1 Å². The van der Waals surface area contributed by atoms with Gasteiger partial charge in [-0.05, 0) is 43.9 Å². The van der Waals surface area contributed by atoms with Crippen LogP contribution < -0.4 is 0 Å². The zero-order valence-corrected chi connectivity index (χ0v) is 12.4. The van der Waals surface area contributed by atoms with Crippen molar-refractivity contribution in [3.8, 4) is 0 Å². The highest BCUT2D eigenvalue weighted by atomic mass is 16.4. The van der Waals surface area contributed by atoms with Crippen LogP contribution >= 0.6 is 0 Å². The van der Waals surface area contributed by atoms with Gasteiger partial charge < -0.3 is 9.52 Å². The molecule has 4 nitrogen and oxygen atoms in total. The number of rotatable bonds is 3. The smallest absolute Gasteiger partial charge is 0.373 e. The molecule has 3 unspecified atom stereocenters. The standard InChI is InChI=1S/C17H23NO3/c19-17(20)15-14(11-6-7-11)18-16(21-15)13-8-5-10-3-1-2-4-12(10)9-13/h10-13H,1-9H2,(H,19,20). The summed E-state index contributed by atoms with van der Waals surface area (Å²) in [6.07, 6.45) is 11.1. The second-order valence-corrected chi connectivity index (χ2v) is 7.16. The third kappa shape index (κ3) is 2.49. The highest BCUT2D eigenvalue weighted by Crippen LogP contribution is 2.47. The minimum Gasteiger partial charge on any atom is -0.475 e. The minimum absolute atomic E-state index is 0.110. The van der Waals surface area contributed by atoms with Crippen LogP contribution in [0.15, 0.2) is 4.42 Å². The van der Waals surface area contributed by atoms with Crippen molar-refractivity contribution in [2.45, 2.75) is 69.6 Å². The van der Waals surface area contributed by atoms with Crippen molar-refractivity contribution < 1.29 is 14.3 Å². The summed E-state index contributed by atoms with van der Waals surface area (Å²) in [5.41, 5.74) is 0.711. The fourth-order valence-corrected chi connectivity index (χ4v) is 4.41. The molecule has 0 spiro atoms. The van der Waals surface area contributed by atoms with E-state index >= 15 is 0 Å². The molecule has 4 rings (SSSR count). The van der Waals surface area contributed by atoms with Crippen LogP contribution in [0.1, 0.15) is 91.8 Å². The molecule has 3 atom stereocenters. The first-order valence-corrected chi connectivity index (χ1v) is 8.46. The maximum Gasteiger partial charge on any atom is 0.373 e. The fourth-order valence-electron chi connectivity index (χ4n) is 4.41. The highest BCUT2D eigenvalue weighted by molar-refractivity contribution is 5.86. The summed E-state index contributed by atoms with van der Waals surface area (Å²) in [6.45, 7) is 0. The highest BCUT2D eigenvalue weighted by Gasteiger charge is 2.38. The van der Waals surface area contributed by atoms with Crippen LogP contribution in [-0.2, 0) is 0 Å². The van der Waals surface area contributed by atoms with Crippen molar-refractivity contribution in [2.75, 3.05) is 0 Å². The van der Waals surface area contributed by atoms with E-state index in [1.165, 1.54) is 32.1 Å². The predicted octanol–water partition coefficient (Wildman–Crippen LogP) is 4.32. The van der Waals surface area contributed by atoms with E-state index in [4.69, 9.17) is 4.42 Å². The van der Waals surface area contributed by atoms with Crippen molar-refractivity contribution in [3.05, 3.63) is 17.3 Å². The van der Waals surface area contributed by atoms with E-state index in [0.717, 1.165) is 37.5 Å². The van der Waals surface area contributed by atoms with Crippen LogP contribution in [0.5, 0.6) is 0 Å². The fraction of sp³-hybridized carbons (Fsp3) is 0.765. The topological polar surface area (TPSA) is 63.3 Å². The van der Waals surface area contributed by atoms with Gasteiger partial charge in [0, 0.05) is 11.8 Å². The van der Waals surface area contributed by atoms with Gasteiger partial charge in [0.2, 0.25) is 5.76 Å². The van der Waals surface area contributed by atoms with Crippen molar-refractivity contribution >= 4 is 5.97 Å². The molecule has 0 amide bonds. The Morgan fingerprint density at radius 2 is 1.71 bits per heavy atom. The predicted molar refractivity (Wildman–Crippen MR) is 77.5 cm³/mol. The van der Waals surface area contributed by atoms with Gasteiger partial charge in [0.1, 0.15) is 0 Å². The molecular weight excluding hydrogens is 266 g/mol. The summed E-state index contributed by atoms with van der Waals surface area (Å²) in [7, 11) is 0. The Balaban J connectivity index is 1.56. The molecule has 1 aromatic rings. The first-order valence-electron chi connectivity index (χ1n) is 8.46. The summed E-state index contributed by atoms with van der Waals surface area (Å²) in [5, 5.41) is 9.31. The quantitative estimate of drug-likeness (QED) is 0.899. The van der Waals surface area contributed by atoms with Gasteiger partial charge in [-0.15, -0.1) is 0 Å². The van der Waals surface area contributed by atoms with Gasteiger partial charge >= 0.3 is 5.97 Å². The number of hydrogen-bond donors (Lipinski definition) is 1. The van der Waals surface area contributed by atoms with Crippen molar-refractivity contribution in [3.63, 3.8) is 0 Å². The molecule has 1 aromatic heterocycles. The molecule has 4 heteroatoms. The molecule has 3 saturated carbocycles. The second-order valence-electron chi connectivity index (χ2n) is 7.16. The number of aromatic carboxylic acids is 1. The second kappa shape index (κ2) is 5.15. The molecule has 0 saturated heterocycles. The molecule has 114 valence electrons. The zero-order chi connectivity index (χ0) is 14.4. The molecule has 3 aliphatic carbocycles. The molecule has 0 radical (unpaired) electrons. The molecule has 1 heterocycles. The Labute approximate surface area is 124 Å². The molecule has 0 aliphatic heterocycles. The normalized spacial score (nSPS) is 32.7. The summed E-state index contributed by atoms with van der Waals surface area (Å²) in [6, 6.07) is 0. The first-order chi connectivity index (χ1) is 10.2. The van der Waals surface area contributed by atoms with E-state index in [1.807, 2.05) is 0 Å². The zero-order valence-electron chi connectivity index (χ0n) is 12.4. The lowest BCUT2D eigenvalue weighted by atomic mass is 9.67. The molecule has 0 aromatic carbocycles. The third-order valence-electron chi connectivity index (χ3n) is 5.72. The van der Waals surface area contributed by atoms with Crippen LogP contribution in [0.3, 0.4) is 0 Å². The molecular formula is C17H23NO3. The lowest BCUT2D eigenvalue weighted by Crippen LogP contribution is -2.27. The Kier molecular flexibility index (Phi) is 3.27. The van der Waals surface area contributed by atoms with Crippen molar-refractivity contribution in [1.29, 1.82) is 0 Å². The first kappa shape index (κ1) is 13.4. The Hall–Kier alpha value is -1.32. The summed E-state index contributed by atoms with van der Waals surface area (Å²) >= 11 is 0. The van der Waals surface area contributed by atoms with E-state index in [0.29, 0.717) is 23.4 Å². The number of aromatic nitrogens is 1. The van der Waals surface area contributed by atoms with Gasteiger partial charge in [-0.3, -0.25) is 0 Å². The third-order valence-corrected chi connectivity index (χ3v) is 5.72. The van der Waals surface area contributed by atoms with Crippen LogP contribution in [0, 0.1) is 11.8 Å². The monoisotopic (exact) mass is 289 g/mol. The van der Waals surface area contributed by atoms with Gasteiger partial charge in [0.25, 0.3) is 0 Å². The number of carboxylic acid groups (broad SMARTS) is 1. The van der Waals surface area contributed by atoms with Crippen LogP contribution in [0.25, 0.3) is 0 Å². The molecule has 3 fully saturated rings. The number of carbonyl (C=O) groups is 1. The van der Waals surface area contributed by atoms with E-state index in [9.17, 15) is 9.90 Å². The van der Waals surface area contributed by atoms with E-state index < -0.39 is 5.97 Å². The molecule has 0 bridgehead atoms. The average Bonchev–Trinajstić information content (AvgIpc) is 3.25. The number of nitrogens with zero attached hydrogens (tertiary/aromatic N) is 1. The van der Waals surface area contributed by atoms with E-state index in [1.54, 1.807) is 0 Å². The maximum absolute atomic E-state index is 11.3. The largest absolute Gasteiger partial charge is 0.475 e. The SMILES string of the molecule is O=C(O)c1oc(C2CCC3CCCCC3C2)nc1C1CC1. The minimum atomic E-state index is -0.956. The summed E-state index contributed by atoms with van der Waals surface area (Å²) < 4.78 is 5.69. The number of hydrogen-bond acceptors (Lipinski definition) is 3. The van der Waals surface area contributed by atoms with Gasteiger partial charge in [-0.1, -0.05) is 25.7 Å². The Morgan fingerprint density at radius 3 is 2.43 bits per heavy atom. The van der Waals surface area contributed by atoms with Crippen molar-refractivity contribution in [1.82, 2.24) is 4.98 Å². The molecule has 1 N–H and O–H groups in total. The lowest BCUT2D eigenvalue weighted by Gasteiger charge is -2.38. The molecule has 3 aliphatic rings. The summed E-state index contributed by atoms with van der Waals surface area (Å²) in [4.78, 5) is 16.0. The summed E-state index contributed by atoms with van der Waals surface area (Å²) in [5.74, 6) is 2.24. The number of oxazole rings is 1. The van der Waals surface area contributed by atoms with E-state index in [2.05, 4.69) is 4.98 Å². The van der Waals surface area contributed by atoms with Crippen molar-refractivity contribution in [2.24, 2.45) is 11.8 Å². The van der Waals surface area contributed by atoms with Gasteiger partial charge in [0.05, 0.1) is 5.69 Å². The molecule has 21 heavy (non-hydrogen) atoms. The van der Waals surface area contributed by atoms with Crippen LogP contribution in [0.4, 0.5) is 0 Å². The Bertz CT molecular complexity index is 546. The Morgan fingerprint density at radius 1 is 1.00 bits per heavy atom. The van der Waals surface area contributed by atoms with Crippen LogP contribution in [0.2, 0.25) is 0 Å². The average molecular weight is 289 g/mol. The van der Waals surface area contributed by atoms with E-state index in [-0.39, 0.29) is 5.76 Å². The van der Waals surface area contributed by atoms with Gasteiger partial charge in [-0.25, -0.2) is 9.78 Å². The maximum atomic E-state index is 11.3. The van der Waals surface area contributed by atoms with Gasteiger partial charge in [-0.2, -0.15) is 0 Å².